The molecule has 3 aromatic heterocycles. The number of rotatable bonds is 12. The average Bonchev–Trinajstić information content (AvgIpc) is 3.74. The minimum absolute atomic E-state index is 0.00537. The van der Waals surface area contributed by atoms with Gasteiger partial charge in [-0.2, -0.15) is 10.2 Å². The van der Waals surface area contributed by atoms with E-state index in [4.69, 9.17) is 18.9 Å². The van der Waals surface area contributed by atoms with Gasteiger partial charge in [-0.15, -0.1) is 4.80 Å². The molecular weight excluding hydrogens is 602 g/mol. The van der Waals surface area contributed by atoms with Crippen LogP contribution in [0.5, 0.6) is 5.75 Å². The Labute approximate surface area is 262 Å². The van der Waals surface area contributed by atoms with Gasteiger partial charge in [-0.3, -0.25) is 9.36 Å². The molecule has 4 aromatic rings. The molecule has 2 saturated heterocycles. The number of methoxy groups -OCH3 is 1. The number of benzene rings is 1. The number of hydrogen-bond donors (Lipinski definition) is 1. The van der Waals surface area contributed by atoms with Crippen molar-refractivity contribution in [2.24, 2.45) is 0 Å². The second kappa shape index (κ2) is 12.5. The molecule has 0 saturated carbocycles. The molecule has 2 aliphatic rings. The summed E-state index contributed by atoms with van der Waals surface area (Å²) in [5.41, 5.74) is -2.00. The van der Waals surface area contributed by atoms with Crippen molar-refractivity contribution in [3.8, 4) is 10.8 Å². The fraction of sp³-hybridized carbons (Fsp3) is 0.516. The number of carboxylic acid groups (broad SMARTS) is 1. The molecule has 0 spiro atoms. The molecule has 240 valence electrons. The van der Waals surface area contributed by atoms with Gasteiger partial charge in [0.05, 0.1) is 49.2 Å². The molecule has 1 aromatic carbocycles. The van der Waals surface area contributed by atoms with E-state index in [1.54, 1.807) is 14.0 Å². The molecule has 2 bridgehead atoms. The molecule has 45 heavy (non-hydrogen) atoms. The number of carbonyl (C=O) groups is 1. The Morgan fingerprint density at radius 1 is 1.13 bits per heavy atom. The number of nitrogens with zero attached hydrogens (tertiary/aromatic N) is 5. The largest absolute Gasteiger partial charge is 0.491 e. The van der Waals surface area contributed by atoms with Crippen molar-refractivity contribution in [3.05, 3.63) is 68.6 Å². The second-order valence-electron chi connectivity index (χ2n) is 12.0. The number of para-hydroxylation sites is 1. The van der Waals surface area contributed by atoms with Crippen molar-refractivity contribution in [1.82, 2.24) is 24.1 Å². The summed E-state index contributed by atoms with van der Waals surface area (Å²) < 4.78 is 26.5. The normalized spacial score (nSPS) is 20.5. The monoisotopic (exact) mass is 639 g/mol. The molecule has 6 rings (SSSR count). The summed E-state index contributed by atoms with van der Waals surface area (Å²) in [7, 11) is 1.60. The summed E-state index contributed by atoms with van der Waals surface area (Å²) in [6.45, 7) is 5.13. The summed E-state index contributed by atoms with van der Waals surface area (Å²) in [5, 5.41) is 19.4. The van der Waals surface area contributed by atoms with E-state index in [9.17, 15) is 19.5 Å². The quantitative estimate of drug-likeness (QED) is 0.229. The van der Waals surface area contributed by atoms with Crippen LogP contribution in [0.25, 0.3) is 15.2 Å². The van der Waals surface area contributed by atoms with Crippen LogP contribution < -0.4 is 16.0 Å². The maximum atomic E-state index is 14.3. The van der Waals surface area contributed by atoms with Gasteiger partial charge in [-0.25, -0.2) is 14.2 Å². The lowest BCUT2D eigenvalue weighted by Crippen LogP contribution is -2.52. The van der Waals surface area contributed by atoms with Crippen LogP contribution in [0.15, 0.2) is 46.2 Å². The third kappa shape index (κ3) is 5.83. The van der Waals surface area contributed by atoms with Crippen LogP contribution in [0.2, 0.25) is 0 Å². The van der Waals surface area contributed by atoms with Crippen molar-refractivity contribution < 1.29 is 28.8 Å². The summed E-state index contributed by atoms with van der Waals surface area (Å²) in [6.07, 6.45) is 5.90. The first-order valence-corrected chi connectivity index (χ1v) is 15.8. The lowest BCUT2D eigenvalue weighted by atomic mass is 10.0. The smallest absolute Gasteiger partial charge is 0.333 e. The molecule has 2 aliphatic heterocycles. The van der Waals surface area contributed by atoms with Gasteiger partial charge in [0.2, 0.25) is 0 Å². The number of aliphatic carboxylic acids is 1. The van der Waals surface area contributed by atoms with Gasteiger partial charge in [0, 0.05) is 18.2 Å². The lowest BCUT2D eigenvalue weighted by Gasteiger charge is -2.33. The Bertz CT molecular complexity index is 1800. The van der Waals surface area contributed by atoms with Crippen LogP contribution in [0.1, 0.15) is 56.8 Å². The molecule has 3 atom stereocenters. The van der Waals surface area contributed by atoms with Crippen molar-refractivity contribution in [2.45, 2.75) is 83.0 Å². The number of ether oxygens (including phenoxy) is 4. The molecule has 0 unspecified atom stereocenters. The third-order valence-corrected chi connectivity index (χ3v) is 9.91. The highest BCUT2D eigenvalue weighted by atomic mass is 32.1. The predicted octanol–water partition coefficient (Wildman–Crippen LogP) is 3.43. The maximum absolute atomic E-state index is 14.3. The van der Waals surface area contributed by atoms with E-state index in [1.165, 1.54) is 46.9 Å². The van der Waals surface area contributed by atoms with Gasteiger partial charge in [-0.05, 0) is 52.5 Å². The average molecular weight is 640 g/mol. The van der Waals surface area contributed by atoms with E-state index in [1.807, 2.05) is 24.3 Å². The van der Waals surface area contributed by atoms with Crippen LogP contribution in [0, 0.1) is 6.92 Å². The van der Waals surface area contributed by atoms with E-state index in [-0.39, 0.29) is 30.2 Å². The minimum atomic E-state index is -1.83. The summed E-state index contributed by atoms with van der Waals surface area (Å²) >= 11 is 1.20. The second-order valence-corrected chi connectivity index (χ2v) is 13.0. The molecular formula is C31H37N5O8S. The number of hydrogen-bond acceptors (Lipinski definition) is 10. The van der Waals surface area contributed by atoms with Gasteiger partial charge in [0.15, 0.2) is 0 Å². The highest BCUT2D eigenvalue weighted by molar-refractivity contribution is 7.21. The number of fused-ring (bicyclic) bond motifs is 3. The number of thiophene rings is 1. The Kier molecular flexibility index (Phi) is 8.66. The van der Waals surface area contributed by atoms with E-state index in [0.29, 0.717) is 34.4 Å². The van der Waals surface area contributed by atoms with E-state index < -0.39 is 28.9 Å². The summed E-state index contributed by atoms with van der Waals surface area (Å²) in [6, 6.07) is 7.49. The zero-order chi connectivity index (χ0) is 31.9. The molecule has 5 heterocycles. The van der Waals surface area contributed by atoms with Crippen molar-refractivity contribution >= 4 is 27.5 Å². The Morgan fingerprint density at radius 2 is 1.82 bits per heavy atom. The highest BCUT2D eigenvalue weighted by Crippen LogP contribution is 2.39. The molecule has 14 heteroatoms. The van der Waals surface area contributed by atoms with Crippen LogP contribution in [-0.2, 0) is 31.1 Å². The van der Waals surface area contributed by atoms with E-state index in [2.05, 4.69) is 10.2 Å². The van der Waals surface area contributed by atoms with Crippen LogP contribution in [0.4, 0.5) is 0 Å². The van der Waals surface area contributed by atoms with Crippen molar-refractivity contribution in [2.75, 3.05) is 20.3 Å². The van der Waals surface area contributed by atoms with Gasteiger partial charge in [-0.1, -0.05) is 29.5 Å². The number of aromatic nitrogens is 5. The zero-order valence-corrected chi connectivity index (χ0v) is 26.5. The van der Waals surface area contributed by atoms with Gasteiger partial charge in [0.1, 0.15) is 33.8 Å². The third-order valence-electron chi connectivity index (χ3n) is 8.63. The van der Waals surface area contributed by atoms with E-state index >= 15 is 0 Å². The predicted molar refractivity (Wildman–Crippen MR) is 166 cm³/mol. The maximum Gasteiger partial charge on any atom is 0.333 e. The van der Waals surface area contributed by atoms with Gasteiger partial charge >= 0.3 is 11.7 Å². The van der Waals surface area contributed by atoms with Gasteiger partial charge in [0.25, 0.3) is 5.56 Å². The fourth-order valence-corrected chi connectivity index (χ4v) is 7.46. The molecule has 0 radical (unpaired) electrons. The first-order chi connectivity index (χ1) is 21.6. The lowest BCUT2D eigenvalue weighted by molar-refractivity contribution is -0.146. The van der Waals surface area contributed by atoms with Crippen LogP contribution in [0.3, 0.4) is 0 Å². The standard InChI is InChI=1S/C31H37N5O8S/c1-18-25-26(37)35(31(2,3)29(38)39)30(40)34(28(25)45-27(18)36-32-11-12-33-36)17-24(44-21-15-19-9-10-20(16-21)43-19)22-7-5-6-8-23(22)42-14-13-41-4/h5-8,11-12,19-21,24H,9-10,13-17H2,1-4H3,(H,38,39)/t19-,20-,24+/m1/s1. The Hall–Kier alpha value is -3.85. The van der Waals surface area contributed by atoms with Crippen molar-refractivity contribution in [1.29, 1.82) is 0 Å². The minimum Gasteiger partial charge on any atom is -0.491 e. The van der Waals surface area contributed by atoms with Gasteiger partial charge < -0.3 is 24.1 Å². The number of carboxylic acids is 1. The Morgan fingerprint density at radius 3 is 2.49 bits per heavy atom. The molecule has 0 amide bonds. The first kappa shape index (κ1) is 31.1. The summed E-state index contributed by atoms with van der Waals surface area (Å²) in [5.74, 6) is -0.723. The van der Waals surface area contributed by atoms with Crippen molar-refractivity contribution in [3.63, 3.8) is 0 Å². The SMILES string of the molecule is COCCOc1ccccc1[C@H](Cn1c(=O)n(C(C)(C)C(=O)O)c(=O)c2c(C)c(-n3nccn3)sc21)OC1C[C@H]2CC[C@H](C1)O2. The van der Waals surface area contributed by atoms with Crippen LogP contribution in [-0.4, -0.2) is 73.8 Å². The molecule has 2 fully saturated rings. The molecule has 13 nitrogen and oxygen atoms in total. The number of aryl methyl sites for hydroxylation is 1. The first-order valence-electron chi connectivity index (χ1n) is 15.0. The molecule has 1 N–H and O–H groups in total. The van der Waals surface area contributed by atoms with Crippen LogP contribution >= 0.6 is 11.3 Å². The summed E-state index contributed by atoms with van der Waals surface area (Å²) in [4.78, 5) is 42.5. The fourth-order valence-electron chi connectivity index (χ4n) is 6.24. The zero-order valence-electron chi connectivity index (χ0n) is 25.7. The topological polar surface area (TPSA) is 149 Å². The van der Waals surface area contributed by atoms with E-state index in [0.717, 1.165) is 35.8 Å². The highest BCUT2D eigenvalue weighted by Gasteiger charge is 2.39. The Balaban J connectivity index is 1.53. The molecule has 0 aliphatic carbocycles.